The number of nitrogens with zero attached hydrogens (tertiary/aromatic N) is 2. The first-order valence-corrected chi connectivity index (χ1v) is 7.69. The first kappa shape index (κ1) is 16.9. The van der Waals surface area contributed by atoms with Gasteiger partial charge in [0.25, 0.3) is 5.91 Å². The Hall–Kier alpha value is -1.47. The number of ether oxygens (including phenoxy) is 1. The molecule has 1 fully saturated rings. The summed E-state index contributed by atoms with van der Waals surface area (Å²) in [4.78, 5) is 17.0. The van der Waals surface area contributed by atoms with Gasteiger partial charge in [0.05, 0.1) is 0 Å². The van der Waals surface area contributed by atoms with E-state index in [1.807, 2.05) is 27.7 Å². The molecule has 0 bridgehead atoms. The predicted octanol–water partition coefficient (Wildman–Crippen LogP) is 1.31. The molecule has 0 saturated carbocycles. The van der Waals surface area contributed by atoms with Crippen molar-refractivity contribution in [2.75, 3.05) is 20.2 Å². The van der Waals surface area contributed by atoms with Gasteiger partial charge in [0.1, 0.15) is 11.6 Å². The molecule has 124 valence electrons. The SMILES string of the molecule is COC1(C(=O)NC(C)c2nc(C(C)(C)C)no2)CCNCC1. The maximum atomic E-state index is 12.6. The Bertz CT molecular complexity index is 515. The molecule has 1 aliphatic rings. The summed E-state index contributed by atoms with van der Waals surface area (Å²) in [6.45, 7) is 9.41. The molecule has 0 aliphatic carbocycles. The number of hydrogen-bond acceptors (Lipinski definition) is 6. The van der Waals surface area contributed by atoms with Crippen molar-refractivity contribution in [2.24, 2.45) is 0 Å². The van der Waals surface area contributed by atoms with Gasteiger partial charge in [0.15, 0.2) is 5.82 Å². The minimum absolute atomic E-state index is 0.125. The van der Waals surface area contributed by atoms with Crippen molar-refractivity contribution in [1.29, 1.82) is 0 Å². The fourth-order valence-corrected chi connectivity index (χ4v) is 2.46. The van der Waals surface area contributed by atoms with Crippen LogP contribution >= 0.6 is 0 Å². The normalized spacial score (nSPS) is 19.7. The van der Waals surface area contributed by atoms with Gasteiger partial charge in [-0.3, -0.25) is 4.79 Å². The molecular formula is C15H26N4O3. The van der Waals surface area contributed by atoms with E-state index < -0.39 is 5.60 Å². The number of rotatable bonds is 4. The Balaban J connectivity index is 2.06. The number of carbonyl (C=O) groups is 1. The molecule has 22 heavy (non-hydrogen) atoms. The zero-order chi connectivity index (χ0) is 16.4. The second kappa shape index (κ2) is 6.34. The molecule has 7 heteroatoms. The van der Waals surface area contributed by atoms with E-state index in [0.717, 1.165) is 13.1 Å². The Morgan fingerprint density at radius 3 is 2.55 bits per heavy atom. The molecule has 1 unspecified atom stereocenters. The lowest BCUT2D eigenvalue weighted by Gasteiger charge is -2.35. The molecule has 0 spiro atoms. The standard InChI is InChI=1S/C15H26N4O3/c1-10(11-18-12(19-22-11)14(2,3)4)17-13(20)15(21-5)6-8-16-9-7-15/h10,16H,6-9H2,1-5H3,(H,17,20). The minimum atomic E-state index is -0.771. The van der Waals surface area contributed by atoms with Gasteiger partial charge in [-0.05, 0) is 32.9 Å². The quantitative estimate of drug-likeness (QED) is 0.871. The molecule has 2 rings (SSSR count). The van der Waals surface area contributed by atoms with Crippen LogP contribution in [0.15, 0.2) is 4.52 Å². The van der Waals surface area contributed by atoms with E-state index in [4.69, 9.17) is 9.26 Å². The number of amides is 1. The second-order valence-corrected chi connectivity index (χ2v) is 6.85. The van der Waals surface area contributed by atoms with Crippen LogP contribution < -0.4 is 10.6 Å². The van der Waals surface area contributed by atoms with Crippen LogP contribution in [-0.4, -0.2) is 41.8 Å². The highest BCUT2D eigenvalue weighted by molar-refractivity contribution is 5.85. The molecule has 1 amide bonds. The monoisotopic (exact) mass is 310 g/mol. The summed E-state index contributed by atoms with van der Waals surface area (Å²) in [6.07, 6.45) is 1.30. The number of aromatic nitrogens is 2. The zero-order valence-electron chi connectivity index (χ0n) is 14.0. The molecule has 0 radical (unpaired) electrons. The molecule has 1 aromatic heterocycles. The summed E-state index contributed by atoms with van der Waals surface area (Å²) in [5, 5.41) is 10.2. The topological polar surface area (TPSA) is 89.3 Å². The number of nitrogens with one attached hydrogen (secondary N) is 2. The van der Waals surface area contributed by atoms with Crippen LogP contribution in [-0.2, 0) is 14.9 Å². The van der Waals surface area contributed by atoms with Crippen LogP contribution in [0.25, 0.3) is 0 Å². The molecule has 2 N–H and O–H groups in total. The lowest BCUT2D eigenvalue weighted by atomic mass is 9.91. The summed E-state index contributed by atoms with van der Waals surface area (Å²) in [7, 11) is 1.58. The summed E-state index contributed by atoms with van der Waals surface area (Å²) < 4.78 is 10.8. The third-order valence-corrected chi connectivity index (χ3v) is 4.05. The van der Waals surface area contributed by atoms with Crippen LogP contribution in [0.2, 0.25) is 0 Å². The molecule has 2 heterocycles. The van der Waals surface area contributed by atoms with Crippen LogP contribution in [0.5, 0.6) is 0 Å². The average Bonchev–Trinajstić information content (AvgIpc) is 2.98. The highest BCUT2D eigenvalue weighted by Crippen LogP contribution is 2.25. The maximum Gasteiger partial charge on any atom is 0.252 e. The van der Waals surface area contributed by atoms with Gasteiger partial charge < -0.3 is 19.9 Å². The Morgan fingerprint density at radius 1 is 1.41 bits per heavy atom. The Morgan fingerprint density at radius 2 is 2.05 bits per heavy atom. The van der Waals surface area contributed by atoms with Crippen molar-refractivity contribution in [3.8, 4) is 0 Å². The van der Waals surface area contributed by atoms with Gasteiger partial charge in [0.2, 0.25) is 5.89 Å². The van der Waals surface area contributed by atoms with Gasteiger partial charge in [-0.2, -0.15) is 4.98 Å². The van der Waals surface area contributed by atoms with Crippen molar-refractivity contribution in [3.63, 3.8) is 0 Å². The smallest absolute Gasteiger partial charge is 0.252 e. The van der Waals surface area contributed by atoms with E-state index in [9.17, 15) is 4.79 Å². The molecule has 1 saturated heterocycles. The summed E-state index contributed by atoms with van der Waals surface area (Å²) in [5.74, 6) is 0.921. The lowest BCUT2D eigenvalue weighted by molar-refractivity contribution is -0.147. The maximum absolute atomic E-state index is 12.6. The second-order valence-electron chi connectivity index (χ2n) is 6.85. The largest absolute Gasteiger partial charge is 0.368 e. The fraction of sp³-hybridized carbons (Fsp3) is 0.800. The Labute approximate surface area is 131 Å². The van der Waals surface area contributed by atoms with Crippen molar-refractivity contribution in [1.82, 2.24) is 20.8 Å². The number of carbonyl (C=O) groups excluding carboxylic acids is 1. The van der Waals surface area contributed by atoms with Crippen molar-refractivity contribution in [3.05, 3.63) is 11.7 Å². The van der Waals surface area contributed by atoms with E-state index >= 15 is 0 Å². The Kier molecular flexibility index (Phi) is 4.87. The van der Waals surface area contributed by atoms with E-state index in [2.05, 4.69) is 20.8 Å². The highest BCUT2D eigenvalue weighted by Gasteiger charge is 2.40. The third kappa shape index (κ3) is 3.47. The van der Waals surface area contributed by atoms with Crippen LogP contribution in [0, 0.1) is 0 Å². The van der Waals surface area contributed by atoms with Gasteiger partial charge in [-0.1, -0.05) is 25.9 Å². The molecule has 1 atom stereocenters. The predicted molar refractivity (Wildman–Crippen MR) is 81.4 cm³/mol. The van der Waals surface area contributed by atoms with E-state index in [0.29, 0.717) is 24.6 Å². The van der Waals surface area contributed by atoms with E-state index in [1.54, 1.807) is 7.11 Å². The van der Waals surface area contributed by atoms with Gasteiger partial charge >= 0.3 is 0 Å². The fourth-order valence-electron chi connectivity index (χ4n) is 2.46. The van der Waals surface area contributed by atoms with Gasteiger partial charge in [0, 0.05) is 12.5 Å². The number of methoxy groups -OCH3 is 1. The average molecular weight is 310 g/mol. The van der Waals surface area contributed by atoms with Gasteiger partial charge in [-0.15, -0.1) is 0 Å². The van der Waals surface area contributed by atoms with Crippen molar-refractivity contribution >= 4 is 5.91 Å². The van der Waals surface area contributed by atoms with Gasteiger partial charge in [-0.25, -0.2) is 0 Å². The third-order valence-electron chi connectivity index (χ3n) is 4.05. The van der Waals surface area contributed by atoms with E-state index in [1.165, 1.54) is 0 Å². The minimum Gasteiger partial charge on any atom is -0.368 e. The van der Waals surface area contributed by atoms with Crippen molar-refractivity contribution in [2.45, 2.75) is 57.6 Å². The molecule has 1 aliphatic heterocycles. The summed E-state index contributed by atoms with van der Waals surface area (Å²) >= 11 is 0. The first-order chi connectivity index (χ1) is 10.3. The number of hydrogen-bond donors (Lipinski definition) is 2. The molecule has 7 nitrogen and oxygen atoms in total. The van der Waals surface area contributed by atoms with Crippen LogP contribution in [0.1, 0.15) is 58.3 Å². The highest BCUT2D eigenvalue weighted by atomic mass is 16.5. The lowest BCUT2D eigenvalue weighted by Crippen LogP contribution is -2.54. The molecular weight excluding hydrogens is 284 g/mol. The first-order valence-electron chi connectivity index (χ1n) is 7.69. The number of piperidine rings is 1. The molecule has 1 aromatic rings. The summed E-state index contributed by atoms with van der Waals surface area (Å²) in [6, 6.07) is -0.349. The van der Waals surface area contributed by atoms with Crippen molar-refractivity contribution < 1.29 is 14.1 Å². The van der Waals surface area contributed by atoms with Crippen LogP contribution in [0.3, 0.4) is 0 Å². The molecule has 0 aromatic carbocycles. The van der Waals surface area contributed by atoms with Crippen LogP contribution in [0.4, 0.5) is 0 Å². The summed E-state index contributed by atoms with van der Waals surface area (Å²) in [5.41, 5.74) is -0.958. The zero-order valence-corrected chi connectivity index (χ0v) is 14.0. The van der Waals surface area contributed by atoms with E-state index in [-0.39, 0.29) is 17.4 Å².